The topological polar surface area (TPSA) is 32.3 Å². The van der Waals surface area contributed by atoms with Crippen molar-refractivity contribution in [2.24, 2.45) is 11.8 Å². The summed E-state index contributed by atoms with van der Waals surface area (Å²) in [6.07, 6.45) is 3.34. The van der Waals surface area contributed by atoms with Crippen LogP contribution in [0.2, 0.25) is 0 Å². The Bertz CT molecular complexity index is 236. The van der Waals surface area contributed by atoms with Crippen molar-refractivity contribution in [2.45, 2.75) is 39.2 Å². The molecule has 3 heteroatoms. The van der Waals surface area contributed by atoms with E-state index in [2.05, 4.69) is 24.1 Å². The first-order chi connectivity index (χ1) is 7.15. The lowest BCUT2D eigenvalue weighted by molar-refractivity contribution is -0.122. The molecule has 1 atom stereocenters. The third-order valence-corrected chi connectivity index (χ3v) is 3.19. The molecule has 1 aliphatic heterocycles. The Labute approximate surface area is 92.2 Å². The van der Waals surface area contributed by atoms with Gasteiger partial charge in [0.15, 0.2) is 0 Å². The second-order valence-corrected chi connectivity index (χ2v) is 5.42. The Hall–Kier alpha value is -0.570. The Kier molecular flexibility index (Phi) is 3.29. The van der Waals surface area contributed by atoms with Crippen molar-refractivity contribution >= 4 is 5.91 Å². The molecule has 2 rings (SSSR count). The van der Waals surface area contributed by atoms with Crippen LogP contribution in [0.1, 0.15) is 33.1 Å². The molecule has 1 heterocycles. The predicted molar refractivity (Wildman–Crippen MR) is 60.5 cm³/mol. The maximum Gasteiger partial charge on any atom is 0.223 e. The number of rotatable bonds is 4. The van der Waals surface area contributed by atoms with Crippen molar-refractivity contribution in [1.29, 1.82) is 0 Å². The molecule has 0 aromatic heterocycles. The number of hydrogen-bond acceptors (Lipinski definition) is 2. The normalized spacial score (nSPS) is 27.3. The van der Waals surface area contributed by atoms with E-state index in [1.807, 2.05) is 0 Å². The lowest BCUT2D eigenvalue weighted by atomic mass is 10.2. The van der Waals surface area contributed by atoms with Crippen LogP contribution in [0, 0.1) is 11.8 Å². The van der Waals surface area contributed by atoms with Crippen LogP contribution in [-0.4, -0.2) is 36.5 Å². The number of amides is 1. The van der Waals surface area contributed by atoms with Gasteiger partial charge in [-0.2, -0.15) is 0 Å². The summed E-state index contributed by atoms with van der Waals surface area (Å²) < 4.78 is 0. The van der Waals surface area contributed by atoms with Gasteiger partial charge in [0.25, 0.3) is 0 Å². The van der Waals surface area contributed by atoms with E-state index in [4.69, 9.17) is 0 Å². The molecular weight excluding hydrogens is 188 g/mol. The van der Waals surface area contributed by atoms with Gasteiger partial charge in [-0.15, -0.1) is 0 Å². The first-order valence-electron chi connectivity index (χ1n) is 6.18. The molecule has 15 heavy (non-hydrogen) atoms. The first-order valence-corrected chi connectivity index (χ1v) is 6.18. The van der Waals surface area contributed by atoms with E-state index in [1.54, 1.807) is 0 Å². The third kappa shape index (κ3) is 3.20. The quantitative estimate of drug-likeness (QED) is 0.757. The zero-order valence-electron chi connectivity index (χ0n) is 9.83. The molecule has 0 spiro atoms. The van der Waals surface area contributed by atoms with Gasteiger partial charge >= 0.3 is 0 Å². The SMILES string of the molecule is CC(C)CN1CC[C@@H](NC(=O)C2CC2)C1. The Morgan fingerprint density at radius 1 is 1.40 bits per heavy atom. The van der Waals surface area contributed by atoms with Gasteiger partial charge in [-0.3, -0.25) is 4.79 Å². The summed E-state index contributed by atoms with van der Waals surface area (Å²) in [6.45, 7) is 7.85. The number of nitrogens with zero attached hydrogens (tertiary/aromatic N) is 1. The van der Waals surface area contributed by atoms with Crippen LogP contribution < -0.4 is 5.32 Å². The molecule has 1 N–H and O–H groups in total. The lowest BCUT2D eigenvalue weighted by Gasteiger charge is -2.18. The summed E-state index contributed by atoms with van der Waals surface area (Å²) in [5.74, 6) is 1.37. The molecule has 86 valence electrons. The highest BCUT2D eigenvalue weighted by atomic mass is 16.2. The monoisotopic (exact) mass is 210 g/mol. The predicted octanol–water partition coefficient (Wildman–Crippen LogP) is 1.24. The van der Waals surface area contributed by atoms with E-state index in [-0.39, 0.29) is 0 Å². The molecule has 0 aromatic rings. The maximum absolute atomic E-state index is 11.6. The van der Waals surface area contributed by atoms with Gasteiger partial charge in [0.05, 0.1) is 0 Å². The van der Waals surface area contributed by atoms with Crippen LogP contribution in [0.15, 0.2) is 0 Å². The minimum atomic E-state index is 0.298. The molecule has 0 aromatic carbocycles. The molecule has 0 unspecified atom stereocenters. The highest BCUT2D eigenvalue weighted by molar-refractivity contribution is 5.81. The fourth-order valence-corrected chi connectivity index (χ4v) is 2.30. The Morgan fingerprint density at radius 3 is 2.73 bits per heavy atom. The van der Waals surface area contributed by atoms with Gasteiger partial charge in [0, 0.05) is 31.6 Å². The summed E-state index contributed by atoms with van der Waals surface area (Å²) in [4.78, 5) is 14.0. The van der Waals surface area contributed by atoms with Crippen molar-refractivity contribution in [3.05, 3.63) is 0 Å². The van der Waals surface area contributed by atoms with Crippen molar-refractivity contribution in [3.8, 4) is 0 Å². The number of likely N-dealkylation sites (tertiary alicyclic amines) is 1. The Balaban J connectivity index is 1.70. The molecule has 1 amide bonds. The standard InChI is InChI=1S/C12H22N2O/c1-9(2)7-14-6-5-11(8-14)13-12(15)10-3-4-10/h9-11H,3-8H2,1-2H3,(H,13,15)/t11-/m1/s1. The average Bonchev–Trinajstić information content (AvgIpc) is 2.90. The van der Waals surface area contributed by atoms with Gasteiger partial charge < -0.3 is 10.2 Å². The molecule has 1 aliphatic carbocycles. The second kappa shape index (κ2) is 4.52. The smallest absolute Gasteiger partial charge is 0.223 e. The average molecular weight is 210 g/mol. The molecule has 0 radical (unpaired) electrons. The summed E-state index contributed by atoms with van der Waals surface area (Å²) in [5, 5.41) is 3.16. The fraction of sp³-hybridized carbons (Fsp3) is 0.917. The van der Waals surface area contributed by atoms with Crippen molar-refractivity contribution in [2.75, 3.05) is 19.6 Å². The van der Waals surface area contributed by atoms with Gasteiger partial charge in [0.1, 0.15) is 0 Å². The number of hydrogen-bond donors (Lipinski definition) is 1. The van der Waals surface area contributed by atoms with E-state index in [1.165, 1.54) is 0 Å². The summed E-state index contributed by atoms with van der Waals surface area (Å²) in [7, 11) is 0. The second-order valence-electron chi connectivity index (χ2n) is 5.42. The van der Waals surface area contributed by atoms with E-state index in [0.29, 0.717) is 17.9 Å². The highest BCUT2D eigenvalue weighted by Gasteiger charge is 2.32. The summed E-state index contributed by atoms with van der Waals surface area (Å²) in [6, 6.07) is 0.414. The molecule has 2 fully saturated rings. The van der Waals surface area contributed by atoms with Crippen molar-refractivity contribution < 1.29 is 4.79 Å². The third-order valence-electron chi connectivity index (χ3n) is 3.19. The first kappa shape index (κ1) is 10.9. The Morgan fingerprint density at radius 2 is 2.13 bits per heavy atom. The van der Waals surface area contributed by atoms with Crippen LogP contribution in [-0.2, 0) is 4.79 Å². The van der Waals surface area contributed by atoms with Crippen LogP contribution in [0.3, 0.4) is 0 Å². The van der Waals surface area contributed by atoms with Crippen molar-refractivity contribution in [1.82, 2.24) is 10.2 Å². The molecule has 2 aliphatic rings. The minimum absolute atomic E-state index is 0.298. The molecule has 0 bridgehead atoms. The highest BCUT2D eigenvalue weighted by Crippen LogP contribution is 2.29. The van der Waals surface area contributed by atoms with E-state index in [0.717, 1.165) is 44.8 Å². The van der Waals surface area contributed by atoms with E-state index in [9.17, 15) is 4.79 Å². The van der Waals surface area contributed by atoms with Crippen LogP contribution in [0.4, 0.5) is 0 Å². The van der Waals surface area contributed by atoms with Gasteiger partial charge in [0.2, 0.25) is 5.91 Å². The van der Waals surface area contributed by atoms with Gasteiger partial charge in [-0.25, -0.2) is 0 Å². The molecular formula is C12H22N2O. The van der Waals surface area contributed by atoms with Crippen LogP contribution >= 0.6 is 0 Å². The minimum Gasteiger partial charge on any atom is -0.352 e. The van der Waals surface area contributed by atoms with Gasteiger partial charge in [-0.1, -0.05) is 13.8 Å². The van der Waals surface area contributed by atoms with Crippen LogP contribution in [0.25, 0.3) is 0 Å². The fourth-order valence-electron chi connectivity index (χ4n) is 2.30. The zero-order valence-corrected chi connectivity index (χ0v) is 9.83. The largest absolute Gasteiger partial charge is 0.352 e. The maximum atomic E-state index is 11.6. The zero-order chi connectivity index (χ0) is 10.8. The molecule has 1 saturated heterocycles. The molecule has 3 nitrogen and oxygen atoms in total. The number of nitrogens with one attached hydrogen (secondary N) is 1. The number of carbonyl (C=O) groups is 1. The van der Waals surface area contributed by atoms with Crippen LogP contribution in [0.5, 0.6) is 0 Å². The van der Waals surface area contributed by atoms with E-state index < -0.39 is 0 Å². The van der Waals surface area contributed by atoms with E-state index >= 15 is 0 Å². The van der Waals surface area contributed by atoms with Gasteiger partial charge in [-0.05, 0) is 25.2 Å². The summed E-state index contributed by atoms with van der Waals surface area (Å²) >= 11 is 0. The number of carbonyl (C=O) groups excluding carboxylic acids is 1. The van der Waals surface area contributed by atoms with Crippen molar-refractivity contribution in [3.63, 3.8) is 0 Å². The lowest BCUT2D eigenvalue weighted by Crippen LogP contribution is -2.38. The molecule has 1 saturated carbocycles. The summed E-state index contributed by atoms with van der Waals surface area (Å²) in [5.41, 5.74) is 0.